The number of nitrogens with zero attached hydrogens (tertiary/aromatic N) is 2. The molecule has 0 bridgehead atoms. The van der Waals surface area contributed by atoms with Gasteiger partial charge < -0.3 is 26.2 Å². The van der Waals surface area contributed by atoms with Crippen molar-refractivity contribution in [2.45, 2.75) is 75.4 Å². The number of piperidine rings is 2. The molecular formula is C20H33F3N6O. The van der Waals surface area contributed by atoms with Crippen LogP contribution < -0.4 is 16.4 Å². The van der Waals surface area contributed by atoms with Crippen molar-refractivity contribution in [1.82, 2.24) is 20.4 Å². The molecule has 7 nitrogen and oxygen atoms in total. The zero-order valence-corrected chi connectivity index (χ0v) is 17.5. The highest BCUT2D eigenvalue weighted by Crippen LogP contribution is 2.33. The van der Waals surface area contributed by atoms with E-state index in [1.807, 2.05) is 4.90 Å². The molecule has 0 aromatic heterocycles. The van der Waals surface area contributed by atoms with Gasteiger partial charge in [-0.3, -0.25) is 10.2 Å². The van der Waals surface area contributed by atoms with Crippen molar-refractivity contribution in [2.75, 3.05) is 26.7 Å². The van der Waals surface area contributed by atoms with E-state index in [0.29, 0.717) is 38.9 Å². The molecule has 170 valence electrons. The Kier molecular flexibility index (Phi) is 7.15. The maximum Gasteiger partial charge on any atom is 0.248 e. The number of carbonyl (C=O) groups is 1. The van der Waals surface area contributed by atoms with Gasteiger partial charge in [0.15, 0.2) is 5.84 Å². The number of hydrogen-bond acceptors (Lipinski definition) is 5. The summed E-state index contributed by atoms with van der Waals surface area (Å²) in [6.07, 6.45) is 3.57. The van der Waals surface area contributed by atoms with Crippen LogP contribution in [0.1, 0.15) is 51.4 Å². The summed E-state index contributed by atoms with van der Waals surface area (Å²) in [6.45, 7) is 1.56. The Hall–Kier alpha value is -1.97. The lowest BCUT2D eigenvalue weighted by Gasteiger charge is -2.44. The number of amides is 1. The van der Waals surface area contributed by atoms with Crippen LogP contribution in [0.3, 0.4) is 0 Å². The van der Waals surface area contributed by atoms with Gasteiger partial charge in [-0.05, 0) is 38.5 Å². The van der Waals surface area contributed by atoms with Crippen molar-refractivity contribution in [2.24, 2.45) is 5.73 Å². The lowest BCUT2D eigenvalue weighted by atomic mass is 9.90. The maximum absolute atomic E-state index is 14.3. The van der Waals surface area contributed by atoms with E-state index in [0.717, 1.165) is 19.3 Å². The predicted octanol–water partition coefficient (Wildman–Crippen LogP) is 1.90. The van der Waals surface area contributed by atoms with Gasteiger partial charge in [0.05, 0.1) is 6.04 Å². The van der Waals surface area contributed by atoms with E-state index in [1.165, 1.54) is 7.05 Å². The molecule has 5 N–H and O–H groups in total. The number of nitrogens with two attached hydrogens (primary N) is 1. The van der Waals surface area contributed by atoms with Crippen molar-refractivity contribution in [3.05, 3.63) is 11.6 Å². The second-order valence-electron chi connectivity index (χ2n) is 8.59. The Morgan fingerprint density at radius 3 is 2.50 bits per heavy atom. The van der Waals surface area contributed by atoms with Crippen LogP contribution in [-0.2, 0) is 4.79 Å². The molecule has 2 atom stereocenters. The Balaban J connectivity index is 1.60. The highest BCUT2D eigenvalue weighted by Gasteiger charge is 2.39. The first-order chi connectivity index (χ1) is 14.2. The van der Waals surface area contributed by atoms with Crippen LogP contribution in [0.5, 0.6) is 0 Å². The summed E-state index contributed by atoms with van der Waals surface area (Å²) in [5.41, 5.74) is 5.55. The molecule has 1 saturated carbocycles. The molecule has 3 rings (SSSR count). The van der Waals surface area contributed by atoms with Crippen molar-refractivity contribution in [3.63, 3.8) is 0 Å². The Bertz CT molecular complexity index is 675. The first-order valence-electron chi connectivity index (χ1n) is 10.8. The lowest BCUT2D eigenvalue weighted by molar-refractivity contribution is -0.140. The number of amidine groups is 1. The van der Waals surface area contributed by atoms with Gasteiger partial charge in [-0.15, -0.1) is 0 Å². The summed E-state index contributed by atoms with van der Waals surface area (Å²) in [6, 6.07) is -0.518. The third kappa shape index (κ3) is 5.19. The summed E-state index contributed by atoms with van der Waals surface area (Å²) >= 11 is 0. The summed E-state index contributed by atoms with van der Waals surface area (Å²) in [5, 5.41) is 13.9. The second kappa shape index (κ2) is 9.45. The molecule has 10 heteroatoms. The van der Waals surface area contributed by atoms with Crippen LogP contribution >= 0.6 is 0 Å². The molecule has 0 aromatic carbocycles. The molecule has 1 amide bonds. The van der Waals surface area contributed by atoms with Gasteiger partial charge in [-0.2, -0.15) is 4.39 Å². The molecular weight excluding hydrogens is 397 g/mol. The molecule has 3 aliphatic rings. The van der Waals surface area contributed by atoms with Crippen molar-refractivity contribution in [1.29, 1.82) is 5.41 Å². The van der Waals surface area contributed by atoms with E-state index in [-0.39, 0.29) is 48.5 Å². The number of nitrogens with one attached hydrogen (secondary N) is 3. The van der Waals surface area contributed by atoms with Gasteiger partial charge in [0.1, 0.15) is 5.82 Å². The number of hydrogen-bond donors (Lipinski definition) is 4. The predicted molar refractivity (Wildman–Crippen MR) is 109 cm³/mol. The molecule has 30 heavy (non-hydrogen) atoms. The topological polar surface area (TPSA) is 97.5 Å². The third-order valence-corrected chi connectivity index (χ3v) is 6.49. The van der Waals surface area contributed by atoms with Gasteiger partial charge in [0, 0.05) is 51.6 Å². The quantitative estimate of drug-likeness (QED) is 0.395. The second-order valence-corrected chi connectivity index (χ2v) is 8.59. The summed E-state index contributed by atoms with van der Waals surface area (Å²) in [4.78, 5) is 16.6. The zero-order chi connectivity index (χ0) is 21.9. The van der Waals surface area contributed by atoms with Crippen LogP contribution in [0.25, 0.3) is 0 Å². The fourth-order valence-corrected chi connectivity index (χ4v) is 4.70. The monoisotopic (exact) mass is 430 g/mol. The van der Waals surface area contributed by atoms with E-state index in [4.69, 9.17) is 11.1 Å². The molecule has 0 radical (unpaired) electrons. The van der Waals surface area contributed by atoms with E-state index in [2.05, 4.69) is 10.6 Å². The molecule has 0 aromatic rings. The number of halogens is 3. The number of rotatable bonds is 5. The van der Waals surface area contributed by atoms with E-state index >= 15 is 0 Å². The fourth-order valence-electron chi connectivity index (χ4n) is 4.70. The smallest absolute Gasteiger partial charge is 0.248 e. The van der Waals surface area contributed by atoms with Crippen LogP contribution in [0.15, 0.2) is 11.6 Å². The molecule has 2 aliphatic heterocycles. The van der Waals surface area contributed by atoms with E-state index in [1.54, 1.807) is 4.90 Å². The standard InChI is InChI=1S/C20H33F3N6O/c1-26-17(24)16(21)18(25)28-10-2-4-14(12-28)29-11-3-5-15(19(29)30)27-13-6-8-20(22,23)9-7-13/h13-15,25-27H,2-12,24H2,1H3/b17-16+,25-18?/t14-,15?/m1/s1. The van der Waals surface area contributed by atoms with Crippen molar-refractivity contribution in [3.8, 4) is 0 Å². The first-order valence-corrected chi connectivity index (χ1v) is 10.8. The highest BCUT2D eigenvalue weighted by atomic mass is 19.3. The fraction of sp³-hybridized carbons (Fsp3) is 0.800. The first kappa shape index (κ1) is 22.7. The summed E-state index contributed by atoms with van der Waals surface area (Å²) < 4.78 is 41.1. The molecule has 1 unspecified atom stereocenters. The van der Waals surface area contributed by atoms with Crippen LogP contribution in [0, 0.1) is 5.41 Å². The summed E-state index contributed by atoms with van der Waals surface area (Å²) in [5.74, 6) is -3.84. The Labute approximate surface area is 175 Å². The largest absolute Gasteiger partial charge is 0.383 e. The Morgan fingerprint density at radius 2 is 1.83 bits per heavy atom. The maximum atomic E-state index is 14.3. The number of carbonyl (C=O) groups excluding carboxylic acids is 1. The van der Waals surface area contributed by atoms with Gasteiger partial charge in [-0.1, -0.05) is 0 Å². The van der Waals surface area contributed by atoms with Gasteiger partial charge in [0.25, 0.3) is 0 Å². The van der Waals surface area contributed by atoms with Gasteiger partial charge >= 0.3 is 0 Å². The SMILES string of the molecule is CN/C(N)=C(/F)C(=N)N1CCC[C@@H](N2CCCC(NC3CCC(F)(F)CC3)C2=O)C1. The lowest BCUT2D eigenvalue weighted by Crippen LogP contribution is -2.59. The molecule has 1 aliphatic carbocycles. The number of likely N-dealkylation sites (tertiary alicyclic amines) is 2. The zero-order valence-electron chi connectivity index (χ0n) is 17.5. The average Bonchev–Trinajstić information content (AvgIpc) is 2.75. The van der Waals surface area contributed by atoms with Crippen LogP contribution in [-0.4, -0.2) is 72.3 Å². The van der Waals surface area contributed by atoms with Crippen molar-refractivity contribution < 1.29 is 18.0 Å². The average molecular weight is 431 g/mol. The minimum atomic E-state index is -2.59. The molecule has 2 saturated heterocycles. The van der Waals surface area contributed by atoms with Gasteiger partial charge in [-0.25, -0.2) is 8.78 Å². The van der Waals surface area contributed by atoms with E-state index < -0.39 is 11.7 Å². The minimum absolute atomic E-state index is 0.0114. The van der Waals surface area contributed by atoms with Gasteiger partial charge in [0.2, 0.25) is 17.7 Å². The van der Waals surface area contributed by atoms with E-state index in [9.17, 15) is 18.0 Å². The summed E-state index contributed by atoms with van der Waals surface area (Å²) in [7, 11) is 1.49. The van der Waals surface area contributed by atoms with Crippen LogP contribution in [0.4, 0.5) is 13.2 Å². The van der Waals surface area contributed by atoms with Crippen LogP contribution in [0.2, 0.25) is 0 Å². The highest BCUT2D eigenvalue weighted by molar-refractivity contribution is 5.94. The Morgan fingerprint density at radius 1 is 1.17 bits per heavy atom. The molecule has 3 fully saturated rings. The molecule has 2 heterocycles. The molecule has 0 spiro atoms. The minimum Gasteiger partial charge on any atom is -0.383 e. The van der Waals surface area contributed by atoms with Crippen molar-refractivity contribution >= 4 is 11.7 Å². The number of alkyl halides is 2. The third-order valence-electron chi connectivity index (χ3n) is 6.49. The normalized spacial score (nSPS) is 28.9.